The Hall–Kier alpha value is -3.07. The van der Waals surface area contributed by atoms with Gasteiger partial charge in [0.25, 0.3) is 0 Å². The lowest BCUT2D eigenvalue weighted by Gasteiger charge is -2.15. The van der Waals surface area contributed by atoms with Gasteiger partial charge in [0.15, 0.2) is 0 Å². The largest absolute Gasteiger partial charge is 0.494 e. The molecule has 0 aromatic heterocycles. The van der Waals surface area contributed by atoms with Crippen molar-refractivity contribution in [3.05, 3.63) is 78.4 Å². The number of hydrogen-bond acceptors (Lipinski definition) is 3. The van der Waals surface area contributed by atoms with E-state index < -0.39 is 0 Å². The molecule has 0 heterocycles. The molecule has 3 aromatic rings. The number of carbonyl (C=O) groups is 1. The molecule has 0 saturated carbocycles. The third kappa shape index (κ3) is 12.0. The summed E-state index contributed by atoms with van der Waals surface area (Å²) in [5, 5.41) is 0. The maximum Gasteiger partial charge on any atom is 0.306 e. The minimum Gasteiger partial charge on any atom is -0.494 e. The topological polar surface area (TPSA) is 35.5 Å². The molecule has 0 radical (unpaired) electrons. The van der Waals surface area contributed by atoms with Crippen molar-refractivity contribution in [1.29, 1.82) is 0 Å². The summed E-state index contributed by atoms with van der Waals surface area (Å²) in [6.45, 7) is 7.15. The zero-order valence-corrected chi connectivity index (χ0v) is 26.5. The van der Waals surface area contributed by atoms with Gasteiger partial charge in [-0.15, -0.1) is 0 Å². The van der Waals surface area contributed by atoms with Gasteiger partial charge < -0.3 is 9.47 Å². The maximum atomic E-state index is 12.1. The van der Waals surface area contributed by atoms with Crippen LogP contribution in [-0.4, -0.2) is 12.6 Å². The first kappa shape index (κ1) is 33.4. The number of esters is 1. The lowest BCUT2D eigenvalue weighted by Crippen LogP contribution is -2.08. The molecule has 0 aliphatic carbocycles. The van der Waals surface area contributed by atoms with Gasteiger partial charge in [0, 0.05) is 6.42 Å². The zero-order chi connectivity index (χ0) is 29.8. The molecule has 0 aliphatic heterocycles. The van der Waals surface area contributed by atoms with Gasteiger partial charge in [-0.1, -0.05) is 152 Å². The smallest absolute Gasteiger partial charge is 0.306 e. The Labute approximate surface area is 256 Å². The number of hydrogen-bond donors (Lipinski definition) is 0. The first-order valence-electron chi connectivity index (χ1n) is 16.7. The first-order valence-corrected chi connectivity index (χ1v) is 16.7. The van der Waals surface area contributed by atoms with Crippen molar-refractivity contribution in [2.24, 2.45) is 0 Å². The van der Waals surface area contributed by atoms with Gasteiger partial charge in [0.1, 0.15) is 11.9 Å². The van der Waals surface area contributed by atoms with Crippen LogP contribution in [0.2, 0.25) is 0 Å². The van der Waals surface area contributed by atoms with Crippen LogP contribution in [0.5, 0.6) is 5.75 Å². The van der Waals surface area contributed by atoms with E-state index in [2.05, 4.69) is 86.6 Å². The van der Waals surface area contributed by atoms with Crippen LogP contribution >= 0.6 is 0 Å². The van der Waals surface area contributed by atoms with E-state index >= 15 is 0 Å². The van der Waals surface area contributed by atoms with Crippen LogP contribution in [0.3, 0.4) is 0 Å². The Kier molecular flexibility index (Phi) is 15.9. The molecular weight excluding hydrogens is 516 g/mol. The van der Waals surface area contributed by atoms with E-state index in [9.17, 15) is 4.79 Å². The molecular formula is C39H54O3. The lowest BCUT2D eigenvalue weighted by atomic mass is 9.94. The summed E-state index contributed by atoms with van der Waals surface area (Å²) < 4.78 is 11.7. The summed E-state index contributed by atoms with van der Waals surface area (Å²) in [5.74, 6) is 0.822. The second-order valence-corrected chi connectivity index (χ2v) is 11.7. The fourth-order valence-electron chi connectivity index (χ4n) is 5.45. The molecule has 0 spiro atoms. The molecule has 228 valence electrons. The summed E-state index contributed by atoms with van der Waals surface area (Å²) >= 11 is 0. The summed E-state index contributed by atoms with van der Waals surface area (Å²) in [4.78, 5) is 12.1. The number of carbonyl (C=O) groups excluding carboxylic acids is 1. The minimum atomic E-state index is -0.249. The van der Waals surface area contributed by atoms with E-state index in [1.165, 1.54) is 80.9 Å². The lowest BCUT2D eigenvalue weighted by molar-refractivity contribution is -0.148. The van der Waals surface area contributed by atoms with E-state index in [-0.39, 0.29) is 12.1 Å². The molecule has 0 N–H and O–H groups in total. The van der Waals surface area contributed by atoms with Crippen molar-refractivity contribution in [3.63, 3.8) is 0 Å². The Morgan fingerprint density at radius 3 is 1.62 bits per heavy atom. The molecule has 0 fully saturated rings. The molecule has 0 amide bonds. The van der Waals surface area contributed by atoms with Crippen LogP contribution in [0, 0.1) is 0 Å². The number of rotatable bonds is 21. The quantitative estimate of drug-likeness (QED) is 0.0943. The van der Waals surface area contributed by atoms with E-state index in [1.807, 2.05) is 6.92 Å². The van der Waals surface area contributed by atoms with Crippen LogP contribution in [0.15, 0.2) is 72.8 Å². The highest BCUT2D eigenvalue weighted by molar-refractivity contribution is 5.83. The average Bonchev–Trinajstić information content (AvgIpc) is 3.02. The second kappa shape index (κ2) is 19.9. The van der Waals surface area contributed by atoms with Gasteiger partial charge >= 0.3 is 5.97 Å². The molecule has 3 aromatic carbocycles. The number of unbranched alkanes of at least 4 members (excludes halogenated alkanes) is 12. The van der Waals surface area contributed by atoms with Crippen molar-refractivity contribution in [2.75, 3.05) is 6.61 Å². The third-order valence-corrected chi connectivity index (χ3v) is 8.09. The van der Waals surface area contributed by atoms with Crippen LogP contribution in [0.4, 0.5) is 0 Å². The molecule has 1 atom stereocenters. The van der Waals surface area contributed by atoms with E-state index in [0.29, 0.717) is 6.42 Å². The minimum absolute atomic E-state index is 0.114. The Bertz CT molecular complexity index is 1130. The van der Waals surface area contributed by atoms with Gasteiger partial charge in [-0.25, -0.2) is 0 Å². The van der Waals surface area contributed by atoms with Crippen molar-refractivity contribution in [1.82, 2.24) is 0 Å². The first-order chi connectivity index (χ1) is 20.6. The van der Waals surface area contributed by atoms with Gasteiger partial charge in [0.2, 0.25) is 0 Å². The number of benzene rings is 3. The summed E-state index contributed by atoms with van der Waals surface area (Å²) in [6.07, 6.45) is 18.1. The predicted octanol–water partition coefficient (Wildman–Crippen LogP) is 11.9. The van der Waals surface area contributed by atoms with Crippen LogP contribution < -0.4 is 4.74 Å². The molecule has 0 aliphatic rings. The van der Waals surface area contributed by atoms with Crippen molar-refractivity contribution < 1.29 is 14.3 Å². The molecule has 0 saturated heterocycles. The van der Waals surface area contributed by atoms with Gasteiger partial charge in [-0.05, 0) is 59.7 Å². The monoisotopic (exact) mass is 570 g/mol. The Morgan fingerprint density at radius 2 is 1.07 bits per heavy atom. The zero-order valence-electron chi connectivity index (χ0n) is 26.5. The van der Waals surface area contributed by atoms with Crippen LogP contribution in [0.1, 0.15) is 129 Å². The SMILES string of the molecule is CCCCCCCCCCCCCOc1ccc(-c2ccccc2-c2ccc(C(C)OC(=O)CCCCC)cc2)cc1. The van der Waals surface area contributed by atoms with Crippen molar-refractivity contribution >= 4 is 5.97 Å². The fourth-order valence-corrected chi connectivity index (χ4v) is 5.45. The van der Waals surface area contributed by atoms with Crippen molar-refractivity contribution in [3.8, 4) is 28.0 Å². The summed E-state index contributed by atoms with van der Waals surface area (Å²) in [5.41, 5.74) is 5.71. The van der Waals surface area contributed by atoms with E-state index in [4.69, 9.17) is 9.47 Å². The fraction of sp³-hybridized carbons (Fsp3) is 0.513. The highest BCUT2D eigenvalue weighted by Crippen LogP contribution is 2.34. The average molecular weight is 571 g/mol. The van der Waals surface area contributed by atoms with Crippen LogP contribution in [0.25, 0.3) is 22.3 Å². The molecule has 3 nitrogen and oxygen atoms in total. The normalized spacial score (nSPS) is 11.8. The van der Waals surface area contributed by atoms with E-state index in [0.717, 1.165) is 49.2 Å². The highest BCUT2D eigenvalue weighted by Gasteiger charge is 2.13. The molecule has 1 unspecified atom stereocenters. The summed E-state index contributed by atoms with van der Waals surface area (Å²) in [6, 6.07) is 25.4. The second-order valence-electron chi connectivity index (χ2n) is 11.7. The molecule has 3 heteroatoms. The van der Waals surface area contributed by atoms with Gasteiger partial charge in [0.05, 0.1) is 6.61 Å². The Morgan fingerprint density at radius 1 is 0.595 bits per heavy atom. The Balaban J connectivity index is 1.45. The number of ether oxygens (including phenoxy) is 2. The molecule has 0 bridgehead atoms. The molecule has 3 rings (SSSR count). The molecule has 42 heavy (non-hydrogen) atoms. The highest BCUT2D eigenvalue weighted by atomic mass is 16.5. The summed E-state index contributed by atoms with van der Waals surface area (Å²) in [7, 11) is 0. The standard InChI is InChI=1S/C39H54O3/c1-4-6-8-9-10-11-12-13-14-15-19-31-41-36-29-27-35(28-30-36)38-21-18-17-20-37(38)34-25-23-33(24-26-34)32(3)42-39(40)22-16-7-5-2/h17-18,20-21,23-30,32H,4-16,19,22,31H2,1-3H3. The van der Waals surface area contributed by atoms with Crippen LogP contribution in [-0.2, 0) is 9.53 Å². The maximum absolute atomic E-state index is 12.1. The van der Waals surface area contributed by atoms with Gasteiger partial charge in [-0.3, -0.25) is 4.79 Å². The van der Waals surface area contributed by atoms with E-state index in [1.54, 1.807) is 0 Å². The van der Waals surface area contributed by atoms with Crippen molar-refractivity contribution in [2.45, 2.75) is 123 Å². The predicted molar refractivity (Wildman–Crippen MR) is 178 cm³/mol. The van der Waals surface area contributed by atoms with Gasteiger partial charge in [-0.2, -0.15) is 0 Å². The third-order valence-electron chi connectivity index (χ3n) is 8.09.